The average Bonchev–Trinajstić information content (AvgIpc) is 3.06. The fraction of sp³-hybridized carbons (Fsp3) is 0.231. The van der Waals surface area contributed by atoms with Crippen LogP contribution in [0.1, 0.15) is 49.3 Å². The third-order valence-corrected chi connectivity index (χ3v) is 8.17. The fourth-order valence-electron chi connectivity index (χ4n) is 5.44. The van der Waals surface area contributed by atoms with Crippen LogP contribution in [0.4, 0.5) is 48.3 Å². The van der Waals surface area contributed by atoms with Gasteiger partial charge < -0.3 is 9.47 Å². The summed E-state index contributed by atoms with van der Waals surface area (Å²) in [5.41, 5.74) is -1.59. The third-order valence-electron chi connectivity index (χ3n) is 8.17. The summed E-state index contributed by atoms with van der Waals surface area (Å²) in [5, 5.41) is 0. The minimum absolute atomic E-state index is 0.0908. The van der Waals surface area contributed by atoms with Gasteiger partial charge in [-0.25, -0.2) is 30.7 Å². The van der Waals surface area contributed by atoms with Crippen LogP contribution in [0, 0.1) is 40.7 Å². The summed E-state index contributed by atoms with van der Waals surface area (Å²) in [6.07, 6.45) is -6.75. The van der Waals surface area contributed by atoms with Crippen LogP contribution >= 0.6 is 0 Å². The summed E-state index contributed by atoms with van der Waals surface area (Å²) >= 11 is 0. The molecule has 0 spiro atoms. The van der Waals surface area contributed by atoms with Crippen molar-refractivity contribution in [3.8, 4) is 33.8 Å². The van der Waals surface area contributed by atoms with Gasteiger partial charge in [-0.2, -0.15) is 17.6 Å². The molecular formula is C39H29F11O2. The van der Waals surface area contributed by atoms with Gasteiger partial charge in [0.05, 0.1) is 12.0 Å². The van der Waals surface area contributed by atoms with E-state index in [1.54, 1.807) is 0 Å². The second-order valence-corrected chi connectivity index (χ2v) is 12.0. The second kappa shape index (κ2) is 15.7. The average molecular weight is 739 g/mol. The SMILES string of the molecule is CCCCCc1ccc(C(F)(F)Oc2cc(F)c(CCC(F)(F)Oc3ccc(-c4ccc(-c5cc(F)c(F)c(F)c5)c(F)c4)c(F)c3)c(F)c2)cc1. The van der Waals surface area contributed by atoms with Crippen molar-refractivity contribution in [2.45, 2.75) is 57.7 Å². The number of benzene rings is 5. The summed E-state index contributed by atoms with van der Waals surface area (Å²) < 4.78 is 168. The Bertz CT molecular complexity index is 2000. The largest absolute Gasteiger partial charge is 0.432 e. The van der Waals surface area contributed by atoms with Crippen LogP contribution in [0.3, 0.4) is 0 Å². The molecular weight excluding hydrogens is 709 g/mol. The Morgan fingerprint density at radius 3 is 1.67 bits per heavy atom. The van der Waals surface area contributed by atoms with Crippen molar-refractivity contribution < 1.29 is 57.8 Å². The molecule has 0 bridgehead atoms. The van der Waals surface area contributed by atoms with Gasteiger partial charge in [0.15, 0.2) is 17.5 Å². The Morgan fingerprint density at radius 2 is 1.08 bits per heavy atom. The van der Waals surface area contributed by atoms with Gasteiger partial charge >= 0.3 is 12.2 Å². The second-order valence-electron chi connectivity index (χ2n) is 12.0. The lowest BCUT2D eigenvalue weighted by molar-refractivity contribution is -0.185. The van der Waals surface area contributed by atoms with E-state index in [9.17, 15) is 48.3 Å². The first kappa shape index (κ1) is 38.2. The minimum atomic E-state index is -4.09. The quantitative estimate of drug-likeness (QED) is 0.0642. The Hall–Kier alpha value is -5.07. The predicted molar refractivity (Wildman–Crippen MR) is 172 cm³/mol. The van der Waals surface area contributed by atoms with Gasteiger partial charge in [-0.3, -0.25) is 0 Å². The summed E-state index contributed by atoms with van der Waals surface area (Å²) in [7, 11) is 0. The van der Waals surface area contributed by atoms with Crippen molar-refractivity contribution in [1.29, 1.82) is 0 Å². The van der Waals surface area contributed by atoms with Gasteiger partial charge in [-0.05, 0) is 78.4 Å². The van der Waals surface area contributed by atoms with Gasteiger partial charge in [0.1, 0.15) is 34.8 Å². The Balaban J connectivity index is 1.22. The zero-order chi connectivity index (χ0) is 37.8. The molecule has 52 heavy (non-hydrogen) atoms. The number of hydrogen-bond donors (Lipinski definition) is 0. The highest BCUT2D eigenvalue weighted by atomic mass is 19.3. The van der Waals surface area contributed by atoms with Crippen molar-refractivity contribution >= 4 is 0 Å². The highest BCUT2D eigenvalue weighted by Gasteiger charge is 2.36. The maximum atomic E-state index is 15.0. The molecule has 0 fully saturated rings. The Morgan fingerprint density at radius 1 is 0.519 bits per heavy atom. The van der Waals surface area contributed by atoms with Crippen LogP contribution in [0.2, 0.25) is 0 Å². The highest BCUT2D eigenvalue weighted by molar-refractivity contribution is 5.72. The van der Waals surface area contributed by atoms with Crippen LogP contribution in [0.25, 0.3) is 22.3 Å². The number of ether oxygens (including phenoxy) is 2. The molecule has 5 rings (SSSR count). The molecule has 0 aliphatic heterocycles. The number of unbranched alkanes of at least 4 members (excludes halogenated alkanes) is 2. The van der Waals surface area contributed by atoms with Gasteiger partial charge in [0.2, 0.25) is 0 Å². The molecule has 2 nitrogen and oxygen atoms in total. The molecule has 0 aromatic heterocycles. The topological polar surface area (TPSA) is 18.5 Å². The fourth-order valence-corrected chi connectivity index (χ4v) is 5.44. The van der Waals surface area contributed by atoms with Gasteiger partial charge in [0, 0.05) is 34.9 Å². The molecule has 5 aromatic carbocycles. The third kappa shape index (κ3) is 9.04. The molecule has 0 saturated carbocycles. The van der Waals surface area contributed by atoms with E-state index in [-0.39, 0.29) is 22.3 Å². The van der Waals surface area contributed by atoms with Crippen molar-refractivity contribution in [3.63, 3.8) is 0 Å². The van der Waals surface area contributed by atoms with E-state index in [1.807, 2.05) is 6.92 Å². The lowest BCUT2D eigenvalue weighted by Gasteiger charge is -2.20. The smallest absolute Gasteiger partial charge is 0.426 e. The standard InChI is InChI=1S/C39H29F11O2/c1-2-3-4-5-22-6-9-25(10-7-22)39(49,50)52-27-20-33(42)30(34(43)21-27)14-15-38(47,48)51-26-11-13-28(32(41)19-26)23-8-12-29(31(40)16-23)24-17-35(44)37(46)36(45)18-24/h6-13,16-21H,2-5,14-15H2,1H3. The minimum Gasteiger partial charge on any atom is -0.432 e. The first-order valence-electron chi connectivity index (χ1n) is 16.0. The maximum absolute atomic E-state index is 15.0. The molecule has 274 valence electrons. The first-order chi connectivity index (χ1) is 24.6. The summed E-state index contributed by atoms with van der Waals surface area (Å²) in [5.74, 6) is -11.4. The summed E-state index contributed by atoms with van der Waals surface area (Å²) in [4.78, 5) is 0. The molecule has 0 heterocycles. The number of hydrogen-bond acceptors (Lipinski definition) is 2. The van der Waals surface area contributed by atoms with E-state index in [1.165, 1.54) is 18.2 Å². The van der Waals surface area contributed by atoms with Crippen molar-refractivity contribution in [2.75, 3.05) is 0 Å². The van der Waals surface area contributed by atoms with Gasteiger partial charge in [0.25, 0.3) is 0 Å². The van der Waals surface area contributed by atoms with Crippen molar-refractivity contribution in [1.82, 2.24) is 0 Å². The van der Waals surface area contributed by atoms with Crippen LogP contribution in [-0.2, 0) is 19.0 Å². The van der Waals surface area contributed by atoms with Crippen molar-refractivity contribution in [3.05, 3.63) is 142 Å². The number of rotatable bonds is 14. The summed E-state index contributed by atoms with van der Waals surface area (Å²) in [6.45, 7) is 2.03. The number of alkyl halides is 4. The Labute approximate surface area is 291 Å². The summed E-state index contributed by atoms with van der Waals surface area (Å²) in [6, 6.07) is 12.9. The normalized spacial score (nSPS) is 11.9. The molecule has 13 heteroatoms. The zero-order valence-electron chi connectivity index (χ0n) is 27.3. The molecule has 0 amide bonds. The molecule has 0 aliphatic carbocycles. The number of aryl methyl sites for hydroxylation is 1. The molecule has 0 N–H and O–H groups in total. The first-order valence-corrected chi connectivity index (χ1v) is 16.0. The van der Waals surface area contributed by atoms with E-state index in [0.717, 1.165) is 61.2 Å². The van der Waals surface area contributed by atoms with E-state index in [4.69, 9.17) is 0 Å². The molecule has 0 saturated heterocycles. The molecule has 0 radical (unpaired) electrons. The monoisotopic (exact) mass is 738 g/mol. The van der Waals surface area contributed by atoms with Crippen LogP contribution < -0.4 is 9.47 Å². The molecule has 0 atom stereocenters. The Kier molecular flexibility index (Phi) is 11.5. The van der Waals surface area contributed by atoms with Crippen LogP contribution in [0.15, 0.2) is 84.9 Å². The van der Waals surface area contributed by atoms with Crippen LogP contribution in [-0.4, -0.2) is 6.11 Å². The van der Waals surface area contributed by atoms with E-state index < -0.39 is 88.4 Å². The molecule has 5 aromatic rings. The van der Waals surface area contributed by atoms with E-state index >= 15 is 0 Å². The zero-order valence-corrected chi connectivity index (χ0v) is 27.3. The molecule has 0 aliphatic rings. The van der Waals surface area contributed by atoms with Crippen LogP contribution in [0.5, 0.6) is 11.5 Å². The highest BCUT2D eigenvalue weighted by Crippen LogP contribution is 2.36. The van der Waals surface area contributed by atoms with Gasteiger partial charge in [-0.15, -0.1) is 0 Å². The lowest BCUT2D eigenvalue weighted by Crippen LogP contribution is -2.26. The van der Waals surface area contributed by atoms with Crippen molar-refractivity contribution in [2.24, 2.45) is 0 Å². The lowest BCUT2D eigenvalue weighted by atomic mass is 9.99. The predicted octanol–water partition coefficient (Wildman–Crippen LogP) is 12.5. The van der Waals surface area contributed by atoms with Gasteiger partial charge in [-0.1, -0.05) is 44.0 Å². The maximum Gasteiger partial charge on any atom is 0.426 e. The molecule has 0 unspecified atom stereocenters. The van der Waals surface area contributed by atoms with E-state index in [0.29, 0.717) is 36.8 Å². The van der Waals surface area contributed by atoms with E-state index in [2.05, 4.69) is 9.47 Å². The number of halogens is 11.